The third kappa shape index (κ3) is 12.0. The van der Waals surface area contributed by atoms with Crippen molar-refractivity contribution in [1.29, 1.82) is 0 Å². The molecule has 4 aromatic rings. The highest BCUT2D eigenvalue weighted by Gasteiger charge is 2.52. The zero-order valence-corrected chi connectivity index (χ0v) is 39.0. The van der Waals surface area contributed by atoms with Crippen molar-refractivity contribution in [1.82, 2.24) is 19.8 Å². The number of hydrogen-bond donors (Lipinski definition) is 3. The third-order valence-electron chi connectivity index (χ3n) is 11.5. The molecule has 3 N–H and O–H groups in total. The molecule has 0 saturated carbocycles. The molecule has 3 aromatic carbocycles. The number of esters is 3. The van der Waals surface area contributed by atoms with Gasteiger partial charge in [-0.25, -0.2) is 4.79 Å². The molecule has 366 valence electrons. The number of aryl methyl sites for hydroxylation is 1. The number of aliphatic hydroxyl groups excluding tert-OH is 1. The van der Waals surface area contributed by atoms with Gasteiger partial charge in [0.15, 0.2) is 24.7 Å². The van der Waals surface area contributed by atoms with Crippen molar-refractivity contribution in [3.63, 3.8) is 0 Å². The molecule has 0 unspecified atom stereocenters. The maximum absolute atomic E-state index is 13.5. The van der Waals surface area contributed by atoms with Crippen LogP contribution < -0.4 is 26.0 Å². The molecule has 3 heterocycles. The highest BCUT2D eigenvalue weighted by molar-refractivity contribution is 5.73. The summed E-state index contributed by atoms with van der Waals surface area (Å²) in [6, 6.07) is 23.1. The van der Waals surface area contributed by atoms with E-state index in [-0.39, 0.29) is 38.4 Å². The van der Waals surface area contributed by atoms with Gasteiger partial charge in [0.1, 0.15) is 41.5 Å². The standard InChI is InChI=1S/C48H58N4O16/c1-29-23-52(46(59)50-44(29)58)40-24-51(21-22-62-45-41(49-30(2)54)43(66-33(5)57)42(65-32(4)56)39(67-45)25-63-31(3)55)26-47(27-53,68-40)28-64-48(34-11-9-8-10-12-34,35-13-17-37(60-6)18-14-35)36-15-19-38(61-7)20-16-36/h8-20,23,39-43,45,53H,21-22,24-28H2,1-7H3,(H,49,54)(H,50,58,59)/t39-,40-,41-,42+,43-,45-,47-/m1/s1. The molecule has 7 atom stereocenters. The summed E-state index contributed by atoms with van der Waals surface area (Å²) in [4.78, 5) is 79.4. The van der Waals surface area contributed by atoms with E-state index in [1.807, 2.05) is 83.8 Å². The van der Waals surface area contributed by atoms with E-state index in [0.29, 0.717) is 22.6 Å². The SMILES string of the molecule is COc1ccc(C(OC[C@]2(CO)CN(CCO[C@@H]3O[C@H](COC(C)=O)[C@H](OC(C)=O)[C@H](OC(C)=O)[C@H]3NC(C)=O)C[C@H](n3cc(C)c(=O)[nH]c3=O)O2)(c2ccccc2)c2ccc(OC)cc2)cc1. The fourth-order valence-electron chi connectivity index (χ4n) is 8.43. The number of hydrogen-bond acceptors (Lipinski definition) is 17. The molecule has 2 saturated heterocycles. The zero-order valence-electron chi connectivity index (χ0n) is 39.0. The number of amides is 1. The number of carbonyl (C=O) groups is 4. The van der Waals surface area contributed by atoms with Crippen molar-refractivity contribution < 1.29 is 66.9 Å². The molecule has 0 spiro atoms. The Morgan fingerprint density at radius 3 is 1.97 bits per heavy atom. The number of aromatic amines is 1. The summed E-state index contributed by atoms with van der Waals surface area (Å²) < 4.78 is 55.1. The van der Waals surface area contributed by atoms with Crippen LogP contribution in [0.25, 0.3) is 0 Å². The number of rotatable bonds is 19. The first-order valence-corrected chi connectivity index (χ1v) is 21.8. The number of nitrogens with one attached hydrogen (secondary N) is 2. The van der Waals surface area contributed by atoms with E-state index >= 15 is 0 Å². The van der Waals surface area contributed by atoms with E-state index in [2.05, 4.69) is 10.3 Å². The van der Waals surface area contributed by atoms with Crippen molar-refractivity contribution in [2.24, 2.45) is 0 Å². The summed E-state index contributed by atoms with van der Waals surface area (Å²) in [5.74, 6) is -1.50. The Morgan fingerprint density at radius 2 is 1.43 bits per heavy atom. The van der Waals surface area contributed by atoms with Gasteiger partial charge in [0.2, 0.25) is 5.91 Å². The maximum Gasteiger partial charge on any atom is 0.330 e. The van der Waals surface area contributed by atoms with Crippen LogP contribution in [0, 0.1) is 6.92 Å². The number of morpholine rings is 1. The van der Waals surface area contributed by atoms with Gasteiger partial charge in [-0.3, -0.25) is 38.4 Å². The normalized spacial score (nSPS) is 22.9. The number of nitrogens with zero attached hydrogens (tertiary/aromatic N) is 2. The Labute approximate surface area is 392 Å². The molecule has 1 aromatic heterocycles. The van der Waals surface area contributed by atoms with Crippen LogP contribution in [0.3, 0.4) is 0 Å². The van der Waals surface area contributed by atoms with Crippen molar-refractivity contribution in [2.75, 3.05) is 60.3 Å². The van der Waals surface area contributed by atoms with Crippen molar-refractivity contribution in [2.45, 2.75) is 82.7 Å². The Hall–Kier alpha value is -6.42. The fraction of sp³-hybridized carbons (Fsp3) is 0.458. The number of H-pyrrole nitrogens is 1. The van der Waals surface area contributed by atoms with Crippen LogP contribution in [-0.2, 0) is 57.9 Å². The van der Waals surface area contributed by atoms with Gasteiger partial charge in [0.25, 0.3) is 5.56 Å². The van der Waals surface area contributed by atoms with Crippen molar-refractivity contribution in [3.05, 3.63) is 128 Å². The van der Waals surface area contributed by atoms with Crippen LogP contribution in [-0.4, -0.2) is 140 Å². The highest BCUT2D eigenvalue weighted by atomic mass is 16.7. The van der Waals surface area contributed by atoms with E-state index in [1.165, 1.54) is 24.6 Å². The van der Waals surface area contributed by atoms with E-state index in [0.717, 1.165) is 19.4 Å². The smallest absolute Gasteiger partial charge is 0.330 e. The summed E-state index contributed by atoms with van der Waals surface area (Å²) in [6.07, 6.45) is -4.95. The lowest BCUT2D eigenvalue weighted by Crippen LogP contribution is -2.66. The van der Waals surface area contributed by atoms with Crippen LogP contribution in [0.2, 0.25) is 0 Å². The fourth-order valence-corrected chi connectivity index (χ4v) is 8.43. The van der Waals surface area contributed by atoms with Gasteiger partial charge in [-0.1, -0.05) is 54.6 Å². The van der Waals surface area contributed by atoms with Crippen molar-refractivity contribution in [3.8, 4) is 11.5 Å². The lowest BCUT2D eigenvalue weighted by Gasteiger charge is -2.48. The Balaban J connectivity index is 1.37. The molecular formula is C48H58N4O16. The quantitative estimate of drug-likeness (QED) is 0.0693. The van der Waals surface area contributed by atoms with Gasteiger partial charge in [-0.2, -0.15) is 0 Å². The predicted molar refractivity (Wildman–Crippen MR) is 241 cm³/mol. The van der Waals surface area contributed by atoms with Gasteiger partial charge in [-0.05, 0) is 47.9 Å². The average molecular weight is 947 g/mol. The van der Waals surface area contributed by atoms with E-state index < -0.39 is 96.4 Å². The first kappa shape index (κ1) is 51.0. The predicted octanol–water partition coefficient (Wildman–Crippen LogP) is 2.11. The first-order valence-electron chi connectivity index (χ1n) is 21.8. The van der Waals surface area contributed by atoms with Gasteiger partial charge >= 0.3 is 23.6 Å². The van der Waals surface area contributed by atoms with Crippen LogP contribution in [0.4, 0.5) is 0 Å². The second kappa shape index (κ2) is 22.6. The second-order valence-electron chi connectivity index (χ2n) is 16.5. The lowest BCUT2D eigenvalue weighted by atomic mass is 9.79. The van der Waals surface area contributed by atoms with Crippen molar-refractivity contribution >= 4 is 23.8 Å². The monoisotopic (exact) mass is 946 g/mol. The van der Waals surface area contributed by atoms with Gasteiger partial charge in [-0.15, -0.1) is 0 Å². The minimum atomic E-state index is -1.56. The molecule has 6 rings (SSSR count). The maximum atomic E-state index is 13.5. The number of carbonyl (C=O) groups excluding carboxylic acids is 4. The van der Waals surface area contributed by atoms with Gasteiger partial charge < -0.3 is 53.1 Å². The molecule has 0 aliphatic carbocycles. The molecule has 20 nitrogen and oxygen atoms in total. The average Bonchev–Trinajstić information content (AvgIpc) is 3.31. The Morgan fingerprint density at radius 1 is 0.838 bits per heavy atom. The molecule has 2 aliphatic rings. The summed E-state index contributed by atoms with van der Waals surface area (Å²) >= 11 is 0. The molecule has 68 heavy (non-hydrogen) atoms. The molecular weight excluding hydrogens is 889 g/mol. The second-order valence-corrected chi connectivity index (χ2v) is 16.5. The molecule has 0 radical (unpaired) electrons. The zero-order chi connectivity index (χ0) is 49.2. The van der Waals surface area contributed by atoms with Gasteiger partial charge in [0, 0.05) is 59.1 Å². The summed E-state index contributed by atoms with van der Waals surface area (Å²) in [5, 5.41) is 14.2. The highest BCUT2D eigenvalue weighted by Crippen LogP contribution is 2.43. The molecule has 0 bridgehead atoms. The van der Waals surface area contributed by atoms with E-state index in [4.69, 9.17) is 42.6 Å². The van der Waals surface area contributed by atoms with Crippen LogP contribution in [0.15, 0.2) is 94.6 Å². The van der Waals surface area contributed by atoms with Crippen LogP contribution >= 0.6 is 0 Å². The summed E-state index contributed by atoms with van der Waals surface area (Å²) in [7, 11) is 3.14. The number of ether oxygens (including phenoxy) is 9. The van der Waals surface area contributed by atoms with Crippen LogP contribution in [0.1, 0.15) is 56.2 Å². The number of benzene rings is 3. The summed E-state index contributed by atoms with van der Waals surface area (Å²) in [6.45, 7) is 4.91. The minimum absolute atomic E-state index is 0.0108. The molecule has 1 amide bonds. The number of methoxy groups -OCH3 is 2. The lowest BCUT2D eigenvalue weighted by molar-refractivity contribution is -0.279. The molecule has 2 aliphatic heterocycles. The Bertz CT molecular complexity index is 2430. The minimum Gasteiger partial charge on any atom is -0.497 e. The van der Waals surface area contributed by atoms with E-state index in [9.17, 15) is 33.9 Å². The van der Waals surface area contributed by atoms with Gasteiger partial charge in [0.05, 0.1) is 34.0 Å². The molecule has 2 fully saturated rings. The Kier molecular flexibility index (Phi) is 16.9. The third-order valence-corrected chi connectivity index (χ3v) is 11.5. The molecule has 20 heteroatoms. The first-order chi connectivity index (χ1) is 32.5. The van der Waals surface area contributed by atoms with Crippen LogP contribution in [0.5, 0.6) is 11.5 Å². The topological polar surface area (TPSA) is 242 Å². The summed E-state index contributed by atoms with van der Waals surface area (Å²) in [5.41, 5.74) is -1.82. The number of aliphatic hydroxyl groups is 1. The number of aromatic nitrogens is 2. The largest absolute Gasteiger partial charge is 0.497 e. The van der Waals surface area contributed by atoms with E-state index in [1.54, 1.807) is 21.1 Å².